The Labute approximate surface area is 119 Å². The Morgan fingerprint density at radius 3 is 2.75 bits per heavy atom. The van der Waals surface area contributed by atoms with Crippen LogP contribution in [0.5, 0.6) is 0 Å². The van der Waals surface area contributed by atoms with Gasteiger partial charge >= 0.3 is 0 Å². The maximum Gasteiger partial charge on any atom is 0.229 e. The molecule has 5 nitrogen and oxygen atoms in total. The van der Waals surface area contributed by atoms with Gasteiger partial charge in [-0.2, -0.15) is 4.98 Å². The Hall–Kier alpha value is -2.14. The number of hydrogen-bond donors (Lipinski definition) is 2. The van der Waals surface area contributed by atoms with Crippen molar-refractivity contribution in [2.24, 2.45) is 0 Å². The van der Waals surface area contributed by atoms with Crippen LogP contribution < -0.4 is 10.6 Å². The van der Waals surface area contributed by atoms with Gasteiger partial charge in [0.2, 0.25) is 5.95 Å². The van der Waals surface area contributed by atoms with E-state index in [1.54, 1.807) is 13.3 Å². The third kappa shape index (κ3) is 3.93. The molecule has 0 aliphatic carbocycles. The molecule has 0 spiro atoms. The molecule has 0 unspecified atom stereocenters. The summed E-state index contributed by atoms with van der Waals surface area (Å²) >= 11 is 0. The lowest BCUT2D eigenvalue weighted by Gasteiger charge is -2.09. The highest BCUT2D eigenvalue weighted by Gasteiger charge is 2.01. The third-order valence-corrected chi connectivity index (χ3v) is 3.03. The van der Waals surface area contributed by atoms with Gasteiger partial charge in [-0.05, 0) is 43.2 Å². The SMILES string of the molecule is COCCNc1ccnc(Nc2ccc(C)c(C)c2)n1. The number of anilines is 3. The first-order valence-electron chi connectivity index (χ1n) is 6.59. The van der Waals surface area contributed by atoms with Crippen molar-refractivity contribution in [1.82, 2.24) is 9.97 Å². The van der Waals surface area contributed by atoms with Gasteiger partial charge in [-0.15, -0.1) is 0 Å². The quantitative estimate of drug-likeness (QED) is 0.792. The number of aryl methyl sites for hydroxylation is 2. The van der Waals surface area contributed by atoms with Gasteiger partial charge in [-0.3, -0.25) is 0 Å². The van der Waals surface area contributed by atoms with Crippen LogP contribution in [0.15, 0.2) is 30.5 Å². The number of methoxy groups -OCH3 is 1. The van der Waals surface area contributed by atoms with E-state index >= 15 is 0 Å². The average molecular weight is 272 g/mol. The maximum atomic E-state index is 4.99. The number of ether oxygens (including phenoxy) is 1. The fourth-order valence-electron chi connectivity index (χ4n) is 1.75. The fourth-order valence-corrected chi connectivity index (χ4v) is 1.75. The van der Waals surface area contributed by atoms with Crippen LogP contribution in [0.3, 0.4) is 0 Å². The molecule has 2 aromatic rings. The Morgan fingerprint density at radius 2 is 2.00 bits per heavy atom. The number of aromatic nitrogens is 2. The molecule has 1 aromatic carbocycles. The van der Waals surface area contributed by atoms with Crippen molar-refractivity contribution in [3.05, 3.63) is 41.6 Å². The number of benzene rings is 1. The second-order valence-electron chi connectivity index (χ2n) is 4.61. The van der Waals surface area contributed by atoms with Crippen LogP contribution in [0.2, 0.25) is 0 Å². The molecule has 0 amide bonds. The number of hydrogen-bond acceptors (Lipinski definition) is 5. The topological polar surface area (TPSA) is 59.1 Å². The smallest absolute Gasteiger partial charge is 0.229 e. The highest BCUT2D eigenvalue weighted by molar-refractivity contribution is 5.56. The molecule has 0 aliphatic heterocycles. The van der Waals surface area contributed by atoms with Crippen molar-refractivity contribution >= 4 is 17.5 Å². The zero-order chi connectivity index (χ0) is 14.4. The van der Waals surface area contributed by atoms with Crippen molar-refractivity contribution in [1.29, 1.82) is 0 Å². The lowest BCUT2D eigenvalue weighted by molar-refractivity contribution is 0.210. The first-order chi connectivity index (χ1) is 9.69. The second-order valence-corrected chi connectivity index (χ2v) is 4.61. The molecule has 0 bridgehead atoms. The average Bonchev–Trinajstić information content (AvgIpc) is 2.44. The normalized spacial score (nSPS) is 10.3. The lowest BCUT2D eigenvalue weighted by atomic mass is 10.1. The van der Waals surface area contributed by atoms with Crippen molar-refractivity contribution in [3.8, 4) is 0 Å². The molecule has 106 valence electrons. The van der Waals surface area contributed by atoms with Crippen LogP contribution in [-0.2, 0) is 4.74 Å². The van der Waals surface area contributed by atoms with Crippen LogP contribution in [0, 0.1) is 13.8 Å². The Bertz CT molecular complexity index is 572. The fraction of sp³-hybridized carbons (Fsp3) is 0.333. The standard InChI is InChI=1S/C15H20N4O/c1-11-4-5-13(10-12(11)2)18-15-17-7-6-14(19-15)16-8-9-20-3/h4-7,10H,8-9H2,1-3H3,(H2,16,17,18,19). The van der Waals surface area contributed by atoms with Crippen LogP contribution >= 0.6 is 0 Å². The number of nitrogens with zero attached hydrogens (tertiary/aromatic N) is 2. The molecule has 0 saturated heterocycles. The molecule has 1 aromatic heterocycles. The van der Waals surface area contributed by atoms with E-state index in [-0.39, 0.29) is 0 Å². The summed E-state index contributed by atoms with van der Waals surface area (Å²) in [5, 5.41) is 6.39. The number of nitrogens with one attached hydrogen (secondary N) is 2. The Kier molecular flexibility index (Phi) is 4.90. The van der Waals surface area contributed by atoms with Gasteiger partial charge in [0, 0.05) is 25.5 Å². The van der Waals surface area contributed by atoms with Gasteiger partial charge in [0.25, 0.3) is 0 Å². The van der Waals surface area contributed by atoms with E-state index in [0.29, 0.717) is 12.6 Å². The summed E-state index contributed by atoms with van der Waals surface area (Å²) in [6.07, 6.45) is 1.73. The largest absolute Gasteiger partial charge is 0.383 e. The van der Waals surface area contributed by atoms with Gasteiger partial charge in [0.1, 0.15) is 5.82 Å². The summed E-state index contributed by atoms with van der Waals surface area (Å²) in [5.74, 6) is 1.36. The Morgan fingerprint density at radius 1 is 1.15 bits per heavy atom. The summed E-state index contributed by atoms with van der Waals surface area (Å²) in [6, 6.07) is 8.03. The second kappa shape index (κ2) is 6.86. The summed E-state index contributed by atoms with van der Waals surface area (Å²) < 4.78 is 4.99. The van der Waals surface area contributed by atoms with E-state index in [1.165, 1.54) is 11.1 Å². The molecule has 5 heteroatoms. The van der Waals surface area contributed by atoms with Gasteiger partial charge < -0.3 is 15.4 Å². The molecular weight excluding hydrogens is 252 g/mol. The summed E-state index contributed by atoms with van der Waals surface area (Å²) in [7, 11) is 1.67. The first-order valence-corrected chi connectivity index (χ1v) is 6.59. The molecule has 2 N–H and O–H groups in total. The van der Waals surface area contributed by atoms with Crippen molar-refractivity contribution in [2.75, 3.05) is 30.9 Å². The van der Waals surface area contributed by atoms with Gasteiger partial charge in [-0.25, -0.2) is 4.98 Å². The van der Waals surface area contributed by atoms with Crippen molar-refractivity contribution < 1.29 is 4.74 Å². The van der Waals surface area contributed by atoms with E-state index in [9.17, 15) is 0 Å². The van der Waals surface area contributed by atoms with Crippen molar-refractivity contribution in [3.63, 3.8) is 0 Å². The van der Waals surface area contributed by atoms with E-state index in [1.807, 2.05) is 12.1 Å². The summed E-state index contributed by atoms with van der Waals surface area (Å²) in [5.41, 5.74) is 3.50. The van der Waals surface area contributed by atoms with Crippen molar-refractivity contribution in [2.45, 2.75) is 13.8 Å². The van der Waals surface area contributed by atoms with Gasteiger partial charge in [-0.1, -0.05) is 6.07 Å². The first kappa shape index (κ1) is 14.3. The van der Waals surface area contributed by atoms with Crippen LogP contribution in [0.25, 0.3) is 0 Å². The molecule has 0 radical (unpaired) electrons. The highest BCUT2D eigenvalue weighted by atomic mass is 16.5. The number of rotatable bonds is 6. The third-order valence-electron chi connectivity index (χ3n) is 3.03. The zero-order valence-electron chi connectivity index (χ0n) is 12.1. The van der Waals surface area contributed by atoms with E-state index in [4.69, 9.17) is 4.74 Å². The monoisotopic (exact) mass is 272 g/mol. The highest BCUT2D eigenvalue weighted by Crippen LogP contribution is 2.17. The molecule has 0 fully saturated rings. The Balaban J connectivity index is 2.05. The minimum Gasteiger partial charge on any atom is -0.383 e. The molecule has 1 heterocycles. The summed E-state index contributed by atoms with van der Waals surface area (Å²) in [4.78, 5) is 8.62. The maximum absolute atomic E-state index is 4.99. The predicted octanol–water partition coefficient (Wildman–Crippen LogP) is 2.90. The zero-order valence-corrected chi connectivity index (χ0v) is 12.1. The van der Waals surface area contributed by atoms with Crippen LogP contribution in [-0.4, -0.2) is 30.2 Å². The minimum absolute atomic E-state index is 0.579. The summed E-state index contributed by atoms with van der Waals surface area (Å²) in [6.45, 7) is 5.54. The van der Waals surface area contributed by atoms with Crippen LogP contribution in [0.1, 0.15) is 11.1 Å². The van der Waals surface area contributed by atoms with Gasteiger partial charge in [0.15, 0.2) is 0 Å². The minimum atomic E-state index is 0.579. The van der Waals surface area contributed by atoms with E-state index < -0.39 is 0 Å². The van der Waals surface area contributed by atoms with E-state index in [0.717, 1.165) is 18.1 Å². The molecule has 20 heavy (non-hydrogen) atoms. The molecular formula is C15H20N4O. The predicted molar refractivity (Wildman–Crippen MR) is 81.6 cm³/mol. The molecule has 0 atom stereocenters. The molecule has 2 rings (SSSR count). The molecule has 0 aliphatic rings. The van der Waals surface area contributed by atoms with Gasteiger partial charge in [0.05, 0.1) is 6.61 Å². The molecule has 0 saturated carbocycles. The van der Waals surface area contributed by atoms with E-state index in [2.05, 4.69) is 46.6 Å². The van der Waals surface area contributed by atoms with Crippen LogP contribution in [0.4, 0.5) is 17.5 Å². The lowest BCUT2D eigenvalue weighted by Crippen LogP contribution is -2.09.